The Morgan fingerprint density at radius 3 is 2.36 bits per heavy atom. The van der Waals surface area contributed by atoms with Gasteiger partial charge in [-0.2, -0.15) is 0 Å². The van der Waals surface area contributed by atoms with Gasteiger partial charge in [-0.25, -0.2) is 0 Å². The van der Waals surface area contributed by atoms with E-state index in [0.29, 0.717) is 43.1 Å². The van der Waals surface area contributed by atoms with Crippen molar-refractivity contribution in [1.29, 1.82) is 0 Å². The maximum absolute atomic E-state index is 13.3. The molecule has 0 radical (unpaired) electrons. The van der Waals surface area contributed by atoms with E-state index in [1.807, 2.05) is 30.6 Å². The summed E-state index contributed by atoms with van der Waals surface area (Å²) >= 11 is 0. The summed E-state index contributed by atoms with van der Waals surface area (Å²) in [6, 6.07) is 9.89. The Kier molecular flexibility index (Phi) is 8.19. The zero-order valence-electron chi connectivity index (χ0n) is 22.8. The summed E-state index contributed by atoms with van der Waals surface area (Å²) in [4.78, 5) is 53.4. The van der Waals surface area contributed by atoms with Crippen LogP contribution in [0.1, 0.15) is 59.9 Å². The molecule has 11 nitrogen and oxygen atoms in total. The Morgan fingerprint density at radius 1 is 1.05 bits per heavy atom. The first-order valence-electron chi connectivity index (χ1n) is 13.1. The number of nitrogens with zero attached hydrogens (tertiary/aromatic N) is 3. The van der Waals surface area contributed by atoms with E-state index in [-0.39, 0.29) is 35.7 Å². The lowest BCUT2D eigenvalue weighted by molar-refractivity contribution is -0.384. The van der Waals surface area contributed by atoms with Crippen molar-refractivity contribution >= 4 is 34.8 Å². The second-order valence-corrected chi connectivity index (χ2v) is 11.0. The third-order valence-corrected chi connectivity index (χ3v) is 6.59. The lowest BCUT2D eigenvalue weighted by Crippen LogP contribution is -2.48. The Morgan fingerprint density at radius 2 is 1.74 bits per heavy atom. The largest absolute Gasteiger partial charge is 0.459 e. The molecule has 39 heavy (non-hydrogen) atoms. The molecule has 4 rings (SSSR count). The fraction of sp³-hybridized carbons (Fsp3) is 0.464. The van der Waals surface area contributed by atoms with E-state index in [1.54, 1.807) is 37.3 Å². The van der Waals surface area contributed by atoms with Gasteiger partial charge in [0, 0.05) is 43.5 Å². The average molecular weight is 538 g/mol. The lowest BCUT2D eigenvalue weighted by atomic mass is 10.1. The number of esters is 1. The van der Waals surface area contributed by atoms with Crippen molar-refractivity contribution in [3.63, 3.8) is 0 Å². The molecule has 2 amide bonds. The summed E-state index contributed by atoms with van der Waals surface area (Å²) in [5.41, 5.74) is 0.986. The highest BCUT2D eigenvalue weighted by molar-refractivity contribution is 6.09. The Bertz CT molecular complexity index is 1280. The third-order valence-electron chi connectivity index (χ3n) is 6.59. The quantitative estimate of drug-likeness (QED) is 0.297. The smallest absolute Gasteiger partial charge is 0.320 e. The number of nitrogens with one attached hydrogen (secondary N) is 2. The average Bonchev–Trinajstić information content (AvgIpc) is 3.68. The van der Waals surface area contributed by atoms with Crippen molar-refractivity contribution in [3.05, 3.63) is 63.2 Å². The van der Waals surface area contributed by atoms with Gasteiger partial charge in [-0.3, -0.25) is 29.4 Å². The van der Waals surface area contributed by atoms with Crippen LogP contribution in [0, 0.1) is 17.0 Å². The van der Waals surface area contributed by atoms with Gasteiger partial charge in [-0.15, -0.1) is 0 Å². The molecule has 2 aliphatic rings. The van der Waals surface area contributed by atoms with Crippen molar-refractivity contribution < 1.29 is 24.0 Å². The SMILES string of the molecule is Cc1ccc(C(=O)NC2CC2)cc1NC(=O)c1cccc(N2CCN(CC(=O)OC(C)(C)C)CC2)c1[N+](=O)[O-]. The molecule has 0 unspecified atom stereocenters. The third kappa shape index (κ3) is 7.32. The fourth-order valence-corrected chi connectivity index (χ4v) is 4.45. The van der Waals surface area contributed by atoms with Gasteiger partial charge in [-0.1, -0.05) is 12.1 Å². The number of nitro benzene ring substituents is 1. The van der Waals surface area contributed by atoms with Crippen LogP contribution in [0.25, 0.3) is 0 Å². The van der Waals surface area contributed by atoms with Crippen LogP contribution in [0.15, 0.2) is 36.4 Å². The second kappa shape index (κ2) is 11.4. The van der Waals surface area contributed by atoms with Gasteiger partial charge in [0.2, 0.25) is 0 Å². The van der Waals surface area contributed by atoms with Crippen molar-refractivity contribution in [2.24, 2.45) is 0 Å². The van der Waals surface area contributed by atoms with Crippen molar-refractivity contribution in [1.82, 2.24) is 10.2 Å². The molecule has 1 saturated heterocycles. The maximum Gasteiger partial charge on any atom is 0.320 e. The number of amides is 2. The van der Waals surface area contributed by atoms with Crippen LogP contribution in [0.3, 0.4) is 0 Å². The maximum atomic E-state index is 13.3. The van der Waals surface area contributed by atoms with E-state index in [9.17, 15) is 24.5 Å². The molecule has 2 fully saturated rings. The van der Waals surface area contributed by atoms with Gasteiger partial charge < -0.3 is 20.3 Å². The number of anilines is 2. The van der Waals surface area contributed by atoms with Crippen LogP contribution in [-0.2, 0) is 9.53 Å². The van der Waals surface area contributed by atoms with Gasteiger partial charge in [0.1, 0.15) is 16.9 Å². The van der Waals surface area contributed by atoms with E-state index < -0.39 is 16.4 Å². The number of carbonyl (C=O) groups is 3. The number of hydrogen-bond donors (Lipinski definition) is 2. The number of nitro groups is 1. The molecule has 0 spiro atoms. The molecule has 2 aromatic rings. The summed E-state index contributed by atoms with van der Waals surface area (Å²) in [6.45, 7) is 9.31. The fourth-order valence-electron chi connectivity index (χ4n) is 4.45. The van der Waals surface area contributed by atoms with Gasteiger partial charge in [0.15, 0.2) is 0 Å². The van der Waals surface area contributed by atoms with E-state index in [2.05, 4.69) is 10.6 Å². The number of benzene rings is 2. The normalized spacial score (nSPS) is 15.9. The molecular weight excluding hydrogens is 502 g/mol. The van der Waals surface area contributed by atoms with Crippen LogP contribution in [-0.4, -0.2) is 72.0 Å². The second-order valence-electron chi connectivity index (χ2n) is 11.0. The molecule has 1 saturated carbocycles. The highest BCUT2D eigenvalue weighted by Crippen LogP contribution is 2.33. The molecular formula is C28H35N5O6. The standard InChI is InChI=1S/C28H35N5O6/c1-18-8-9-19(26(35)29-20-10-11-20)16-22(18)30-27(36)21-6-5-7-23(25(21)33(37)38)32-14-12-31(13-15-32)17-24(34)39-28(2,3)4/h5-9,16,20H,10-15,17H2,1-4H3,(H,29,35)(H,30,36). The molecule has 0 aromatic heterocycles. The minimum absolute atomic E-state index is 0.0686. The van der Waals surface area contributed by atoms with Gasteiger partial charge >= 0.3 is 11.7 Å². The topological polar surface area (TPSA) is 134 Å². The number of hydrogen-bond acceptors (Lipinski definition) is 8. The van der Waals surface area contributed by atoms with Crippen molar-refractivity contribution in [2.75, 3.05) is 42.9 Å². The van der Waals surface area contributed by atoms with Crippen molar-refractivity contribution in [3.8, 4) is 0 Å². The number of ether oxygens (including phenoxy) is 1. The highest BCUT2D eigenvalue weighted by Gasteiger charge is 2.31. The first-order chi connectivity index (χ1) is 18.4. The first kappa shape index (κ1) is 28.0. The Hall–Kier alpha value is -3.99. The number of aryl methyl sites for hydroxylation is 1. The molecule has 0 atom stereocenters. The van der Waals surface area contributed by atoms with Crippen LogP contribution in [0.5, 0.6) is 0 Å². The van der Waals surface area contributed by atoms with E-state index >= 15 is 0 Å². The summed E-state index contributed by atoms with van der Waals surface area (Å²) in [5.74, 6) is -1.16. The Balaban J connectivity index is 1.48. The molecule has 208 valence electrons. The minimum Gasteiger partial charge on any atom is -0.459 e. The molecule has 2 N–H and O–H groups in total. The molecule has 2 aromatic carbocycles. The predicted molar refractivity (Wildman–Crippen MR) is 147 cm³/mol. The Labute approximate surface area is 227 Å². The predicted octanol–water partition coefficient (Wildman–Crippen LogP) is 3.51. The lowest BCUT2D eigenvalue weighted by Gasteiger charge is -2.35. The number of carbonyl (C=O) groups excluding carboxylic acids is 3. The number of para-hydroxylation sites is 1. The summed E-state index contributed by atoms with van der Waals surface area (Å²) < 4.78 is 5.39. The number of piperazine rings is 1. The van der Waals surface area contributed by atoms with Crippen molar-refractivity contribution in [2.45, 2.75) is 52.2 Å². The molecule has 1 heterocycles. The zero-order valence-corrected chi connectivity index (χ0v) is 22.8. The summed E-state index contributed by atoms with van der Waals surface area (Å²) in [7, 11) is 0. The first-order valence-corrected chi connectivity index (χ1v) is 13.1. The van der Waals surface area contributed by atoms with Crippen LogP contribution < -0.4 is 15.5 Å². The van der Waals surface area contributed by atoms with Crippen LogP contribution in [0.4, 0.5) is 17.1 Å². The van der Waals surface area contributed by atoms with E-state index in [4.69, 9.17) is 4.74 Å². The molecule has 11 heteroatoms. The van der Waals surface area contributed by atoms with Crippen LogP contribution >= 0.6 is 0 Å². The van der Waals surface area contributed by atoms with E-state index in [0.717, 1.165) is 18.4 Å². The minimum atomic E-state index is -0.630. The van der Waals surface area contributed by atoms with Gasteiger partial charge in [-0.05, 0) is 70.4 Å². The zero-order chi connectivity index (χ0) is 28.3. The van der Waals surface area contributed by atoms with Gasteiger partial charge in [0.25, 0.3) is 11.8 Å². The molecule has 0 bridgehead atoms. The monoisotopic (exact) mass is 537 g/mol. The molecule has 1 aliphatic heterocycles. The number of rotatable bonds is 8. The van der Waals surface area contributed by atoms with E-state index in [1.165, 1.54) is 6.07 Å². The highest BCUT2D eigenvalue weighted by atomic mass is 16.6. The molecule has 1 aliphatic carbocycles. The van der Waals surface area contributed by atoms with Gasteiger partial charge in [0.05, 0.1) is 11.5 Å². The summed E-state index contributed by atoms with van der Waals surface area (Å²) in [5, 5.41) is 17.9. The van der Waals surface area contributed by atoms with Crippen LogP contribution in [0.2, 0.25) is 0 Å². The summed E-state index contributed by atoms with van der Waals surface area (Å²) in [6.07, 6.45) is 1.92.